The number of aryl methyl sites for hydroxylation is 1. The summed E-state index contributed by atoms with van der Waals surface area (Å²) in [6.45, 7) is 3.88. The fraction of sp³-hybridized carbons (Fsp3) is 0.786. The van der Waals surface area contributed by atoms with Crippen molar-refractivity contribution in [1.29, 1.82) is 0 Å². The highest BCUT2D eigenvalue weighted by Crippen LogP contribution is 2.62. The van der Waals surface area contributed by atoms with Crippen molar-refractivity contribution in [2.24, 2.45) is 29.1 Å². The van der Waals surface area contributed by atoms with Gasteiger partial charge in [-0.15, -0.1) is 0 Å². The van der Waals surface area contributed by atoms with E-state index in [2.05, 4.69) is 17.1 Å². The molecule has 4 aliphatic carbocycles. The number of hydrogen-bond donors (Lipinski definition) is 0. The fourth-order valence-corrected chi connectivity index (χ4v) is 7.40. The van der Waals surface area contributed by atoms with Crippen molar-refractivity contribution in [3.05, 3.63) is 30.1 Å². The highest BCUT2D eigenvalue weighted by Gasteiger charge is 2.50. The molecule has 4 nitrogen and oxygen atoms in total. The van der Waals surface area contributed by atoms with E-state index in [9.17, 15) is 4.79 Å². The number of hydrogen-bond acceptors (Lipinski definition) is 3. The summed E-state index contributed by atoms with van der Waals surface area (Å²) in [5.41, 5.74) is 0.711. The normalized spacial score (nSPS) is 28.7. The summed E-state index contributed by atoms with van der Waals surface area (Å²) in [6, 6.07) is 4.22. The zero-order valence-electron chi connectivity index (χ0n) is 21.4. The summed E-state index contributed by atoms with van der Waals surface area (Å²) < 4.78 is 3.85. The third-order valence-corrected chi connectivity index (χ3v) is 10.4. The van der Waals surface area contributed by atoms with E-state index in [1.807, 2.05) is 12.4 Å². The van der Waals surface area contributed by atoms with Crippen LogP contribution in [0.2, 0.25) is 0 Å². The first-order valence-corrected chi connectivity index (χ1v) is 14.5. The summed E-state index contributed by atoms with van der Waals surface area (Å²) in [6.07, 6.45) is 17.8. The fourth-order valence-electron chi connectivity index (χ4n) is 7.28. The lowest BCUT2D eigenvalue weighted by molar-refractivity contribution is -0.0604. The lowest BCUT2D eigenvalue weighted by Crippen LogP contribution is -2.46. The molecule has 0 spiro atoms. The molecule has 7 heteroatoms. The van der Waals surface area contributed by atoms with Crippen LogP contribution in [0, 0.1) is 29.1 Å². The molecule has 5 rings (SSSR count). The van der Waals surface area contributed by atoms with Crippen LogP contribution in [0.15, 0.2) is 24.5 Å². The van der Waals surface area contributed by atoms with E-state index in [4.69, 9.17) is 39.5 Å². The Labute approximate surface area is 226 Å². The molecule has 1 unspecified atom stereocenters. The molecule has 1 aromatic rings. The number of nitrogens with zero attached hydrogens (tertiary/aromatic N) is 2. The molecule has 0 saturated heterocycles. The Morgan fingerprint density at radius 2 is 1.63 bits per heavy atom. The number of aromatic nitrogens is 1. The molecule has 0 radical (unpaired) electrons. The molecule has 0 aliphatic heterocycles. The van der Waals surface area contributed by atoms with Gasteiger partial charge in [-0.05, 0) is 131 Å². The first kappa shape index (κ1) is 27.3. The highest BCUT2D eigenvalue weighted by molar-refractivity contribution is 6.68. The van der Waals surface area contributed by atoms with Gasteiger partial charge in [0.1, 0.15) is 0 Å². The zero-order chi connectivity index (χ0) is 25.3. The van der Waals surface area contributed by atoms with Crippen molar-refractivity contribution in [3.8, 4) is 0 Å². The minimum absolute atomic E-state index is 0.449. The van der Waals surface area contributed by atoms with Gasteiger partial charge in [0.15, 0.2) is 5.60 Å². The van der Waals surface area contributed by atoms with Crippen LogP contribution in [-0.2, 0) is 11.2 Å². The van der Waals surface area contributed by atoms with Crippen LogP contribution in [0.5, 0.6) is 0 Å². The summed E-state index contributed by atoms with van der Waals surface area (Å²) in [7, 11) is 1.77. The minimum Gasteiger partial charge on any atom is -0.439 e. The molecule has 4 aliphatic rings. The van der Waals surface area contributed by atoms with E-state index in [0.717, 1.165) is 37.0 Å². The van der Waals surface area contributed by atoms with Crippen molar-refractivity contribution < 1.29 is 9.53 Å². The second-order valence-corrected chi connectivity index (χ2v) is 14.6. The Kier molecular flexibility index (Phi) is 8.55. The quantitative estimate of drug-likeness (QED) is 0.279. The van der Waals surface area contributed by atoms with E-state index in [1.54, 1.807) is 25.8 Å². The van der Waals surface area contributed by atoms with Gasteiger partial charge in [0.2, 0.25) is 3.79 Å². The Bertz CT molecular complexity index is 820. The number of rotatable bonds is 10. The maximum absolute atomic E-state index is 12.7. The Morgan fingerprint density at radius 1 is 1.06 bits per heavy atom. The van der Waals surface area contributed by atoms with E-state index in [0.29, 0.717) is 17.9 Å². The summed E-state index contributed by atoms with van der Waals surface area (Å²) >= 11 is 18.0. The van der Waals surface area contributed by atoms with Crippen LogP contribution in [-0.4, -0.2) is 39.0 Å². The molecule has 1 atom stereocenters. The Balaban J connectivity index is 1.34. The van der Waals surface area contributed by atoms with Gasteiger partial charge >= 0.3 is 6.09 Å². The second-order valence-electron chi connectivity index (χ2n) is 12.3. The van der Waals surface area contributed by atoms with Gasteiger partial charge in [-0.3, -0.25) is 4.98 Å². The van der Waals surface area contributed by atoms with E-state index < -0.39 is 15.5 Å². The molecule has 35 heavy (non-hydrogen) atoms. The van der Waals surface area contributed by atoms with Gasteiger partial charge in [-0.2, -0.15) is 0 Å². The molecule has 4 saturated carbocycles. The predicted molar refractivity (Wildman–Crippen MR) is 144 cm³/mol. The number of pyridine rings is 1. The minimum atomic E-state index is -1.69. The Hall–Kier alpha value is -0.710. The monoisotopic (exact) mass is 542 g/mol. The lowest BCUT2D eigenvalue weighted by Gasteiger charge is -2.57. The number of ether oxygens (including phenoxy) is 1. The predicted octanol–water partition coefficient (Wildman–Crippen LogP) is 8.23. The van der Waals surface area contributed by atoms with Gasteiger partial charge in [-0.25, -0.2) is 4.79 Å². The number of carbonyl (C=O) groups is 1. The number of alkyl halides is 3. The third-order valence-electron chi connectivity index (χ3n) is 9.05. The van der Waals surface area contributed by atoms with Crippen LogP contribution in [0.25, 0.3) is 0 Å². The van der Waals surface area contributed by atoms with Gasteiger partial charge in [0.05, 0.1) is 0 Å². The highest BCUT2D eigenvalue weighted by atomic mass is 35.6. The average molecular weight is 544 g/mol. The van der Waals surface area contributed by atoms with Gasteiger partial charge in [0, 0.05) is 26.0 Å². The van der Waals surface area contributed by atoms with Crippen LogP contribution in [0.1, 0.15) is 83.6 Å². The maximum Gasteiger partial charge on any atom is 0.410 e. The van der Waals surface area contributed by atoms with Crippen molar-refractivity contribution in [1.82, 2.24) is 9.88 Å². The number of halogens is 3. The summed E-state index contributed by atoms with van der Waals surface area (Å²) in [4.78, 5) is 18.5. The van der Waals surface area contributed by atoms with Gasteiger partial charge < -0.3 is 9.64 Å². The van der Waals surface area contributed by atoms with Crippen molar-refractivity contribution in [2.75, 3.05) is 13.6 Å². The largest absolute Gasteiger partial charge is 0.439 e. The molecule has 1 aromatic heterocycles. The van der Waals surface area contributed by atoms with Crippen LogP contribution in [0.4, 0.5) is 4.79 Å². The van der Waals surface area contributed by atoms with Crippen molar-refractivity contribution >= 4 is 40.9 Å². The molecule has 0 N–H and O–H groups in total. The Morgan fingerprint density at radius 3 is 2.17 bits per heavy atom. The molecular formula is C28H41Cl3N2O2. The molecule has 4 bridgehead atoms. The van der Waals surface area contributed by atoms with Gasteiger partial charge in [-0.1, -0.05) is 34.8 Å². The van der Waals surface area contributed by atoms with Gasteiger partial charge in [0.25, 0.3) is 0 Å². The molecule has 4 fully saturated rings. The molecule has 0 aromatic carbocycles. The average Bonchev–Trinajstić information content (AvgIpc) is 2.77. The standard InChI is InChI=1S/C28H41Cl3N2O2/c1-26(2,28(29,30)31)35-25(34)33(3)13-9-20(4-5-21-7-11-32-12-8-21)6-10-27-17-22-14-23(18-27)16-24(15-22)19-27/h7-8,11-12,20,22-24H,4-6,9-10,13-19H2,1-3H3. The smallest absolute Gasteiger partial charge is 0.410 e. The maximum atomic E-state index is 12.7. The third kappa shape index (κ3) is 6.99. The van der Waals surface area contributed by atoms with Crippen LogP contribution in [0.3, 0.4) is 0 Å². The van der Waals surface area contributed by atoms with E-state index in [-0.39, 0.29) is 0 Å². The van der Waals surface area contributed by atoms with Crippen molar-refractivity contribution in [3.63, 3.8) is 0 Å². The first-order chi connectivity index (χ1) is 16.4. The number of carbonyl (C=O) groups excluding carboxylic acids is 1. The summed E-state index contributed by atoms with van der Waals surface area (Å²) in [5.74, 6) is 3.52. The van der Waals surface area contributed by atoms with Crippen molar-refractivity contribution in [2.45, 2.75) is 93.9 Å². The zero-order valence-corrected chi connectivity index (χ0v) is 23.7. The topological polar surface area (TPSA) is 42.4 Å². The molecule has 196 valence electrons. The first-order valence-electron chi connectivity index (χ1n) is 13.3. The van der Waals surface area contributed by atoms with Crippen LogP contribution < -0.4 is 0 Å². The second kappa shape index (κ2) is 11.0. The van der Waals surface area contributed by atoms with Crippen LogP contribution >= 0.6 is 34.8 Å². The van der Waals surface area contributed by atoms with E-state index in [1.165, 1.54) is 56.9 Å². The number of amides is 1. The molecule has 1 amide bonds. The molecule has 1 heterocycles. The lowest BCUT2D eigenvalue weighted by atomic mass is 9.48. The summed E-state index contributed by atoms with van der Waals surface area (Å²) in [5, 5.41) is 0. The van der Waals surface area contributed by atoms with E-state index >= 15 is 0 Å². The SMILES string of the molecule is CN(CCC(CCc1ccncc1)CCC12CC3CC(CC(C3)C1)C2)C(=O)OC(C)(C)C(Cl)(Cl)Cl. The molecular weight excluding hydrogens is 503 g/mol.